The summed E-state index contributed by atoms with van der Waals surface area (Å²) >= 11 is 0. The lowest BCUT2D eigenvalue weighted by Gasteiger charge is -2.28. The van der Waals surface area contributed by atoms with E-state index in [1.807, 2.05) is 44.7 Å². The zero-order valence-corrected chi connectivity index (χ0v) is 16.4. The molecular weight excluding hydrogens is 346 g/mol. The van der Waals surface area contributed by atoms with Crippen LogP contribution in [0, 0.1) is 44.6 Å². The van der Waals surface area contributed by atoms with E-state index in [0.717, 1.165) is 0 Å². The maximum atomic E-state index is 11.9. The first-order valence-corrected chi connectivity index (χ1v) is 9.04. The van der Waals surface area contributed by atoms with Crippen LogP contribution in [0.15, 0.2) is 6.33 Å². The summed E-state index contributed by atoms with van der Waals surface area (Å²) < 4.78 is 0. The molecule has 0 saturated carbocycles. The minimum absolute atomic E-state index is 0.160. The van der Waals surface area contributed by atoms with Gasteiger partial charge in [0.15, 0.2) is 0 Å². The molecule has 1 aromatic rings. The fraction of sp³-hybridized carbons (Fsp3) is 0.667. The molecule has 0 aliphatic carbocycles. The Morgan fingerprint density at radius 3 is 1.81 bits per heavy atom. The van der Waals surface area contributed by atoms with Gasteiger partial charge in [-0.05, 0) is 11.8 Å². The van der Waals surface area contributed by atoms with E-state index >= 15 is 0 Å². The molecule has 1 rings (SSSR count). The Labute approximate surface area is 160 Å². The highest BCUT2D eigenvalue weighted by molar-refractivity contribution is 5.71. The molecule has 0 aromatic carbocycles. The van der Waals surface area contributed by atoms with E-state index < -0.39 is 4.92 Å². The fourth-order valence-electron chi connectivity index (χ4n) is 2.81. The lowest BCUT2D eigenvalue weighted by molar-refractivity contribution is -0.383. The Hall–Kier alpha value is -2.94. The molecule has 0 amide bonds. The minimum atomic E-state index is -0.468. The van der Waals surface area contributed by atoms with Crippen molar-refractivity contribution in [1.29, 1.82) is 10.5 Å². The number of rotatable bonds is 11. The van der Waals surface area contributed by atoms with Crippen molar-refractivity contribution in [1.82, 2.24) is 9.97 Å². The van der Waals surface area contributed by atoms with Crippen molar-refractivity contribution in [3.8, 4) is 12.1 Å². The second kappa shape index (κ2) is 10.9. The van der Waals surface area contributed by atoms with Crippen molar-refractivity contribution < 1.29 is 4.92 Å². The van der Waals surface area contributed by atoms with Gasteiger partial charge in [0.2, 0.25) is 11.6 Å². The second-order valence-corrected chi connectivity index (χ2v) is 7.12. The second-order valence-electron chi connectivity index (χ2n) is 7.12. The standard InChI is InChI=1S/C18H27N7O2/c1-14(2)11-24(12-15(3)4)18-16(25(26)27)17(21-13-22-18)23(9-5-7-19)10-6-8-20/h13-15H,5-6,9-12H2,1-4H3. The molecule has 9 heteroatoms. The third kappa shape index (κ3) is 6.70. The number of hydrogen-bond donors (Lipinski definition) is 0. The molecule has 0 unspecified atom stereocenters. The highest BCUT2D eigenvalue weighted by Crippen LogP contribution is 2.35. The summed E-state index contributed by atoms with van der Waals surface area (Å²) in [4.78, 5) is 23.4. The van der Waals surface area contributed by atoms with Crippen LogP contribution in [-0.4, -0.2) is 41.1 Å². The number of anilines is 2. The molecule has 0 spiro atoms. The van der Waals surface area contributed by atoms with Crippen molar-refractivity contribution in [2.24, 2.45) is 11.8 Å². The molecule has 0 atom stereocenters. The van der Waals surface area contributed by atoms with E-state index in [4.69, 9.17) is 10.5 Å². The molecule has 0 fully saturated rings. The maximum Gasteiger partial charge on any atom is 0.353 e. The summed E-state index contributed by atoms with van der Waals surface area (Å²) in [5.41, 5.74) is -0.172. The normalized spacial score (nSPS) is 10.5. The molecule has 0 aliphatic heterocycles. The van der Waals surface area contributed by atoms with Crippen LogP contribution in [0.4, 0.5) is 17.3 Å². The molecule has 27 heavy (non-hydrogen) atoms. The molecule has 0 bridgehead atoms. The van der Waals surface area contributed by atoms with Gasteiger partial charge in [0.05, 0.1) is 29.9 Å². The Kier molecular flexibility index (Phi) is 8.94. The summed E-state index contributed by atoms with van der Waals surface area (Å²) in [7, 11) is 0. The number of nitriles is 2. The van der Waals surface area contributed by atoms with Gasteiger partial charge in [-0.2, -0.15) is 10.5 Å². The van der Waals surface area contributed by atoms with Crippen LogP contribution < -0.4 is 9.80 Å². The SMILES string of the molecule is CC(C)CN(CC(C)C)c1ncnc(N(CCC#N)CCC#N)c1[N+](=O)[O-]. The predicted molar refractivity (Wildman–Crippen MR) is 103 cm³/mol. The molecule has 9 nitrogen and oxygen atoms in total. The van der Waals surface area contributed by atoms with Gasteiger partial charge in [0.1, 0.15) is 6.33 Å². The van der Waals surface area contributed by atoms with Gasteiger partial charge >= 0.3 is 5.69 Å². The third-order valence-corrected chi connectivity index (χ3v) is 3.72. The molecule has 1 heterocycles. The quantitative estimate of drug-likeness (QED) is 0.428. The van der Waals surface area contributed by atoms with Crippen LogP contribution in [0.3, 0.4) is 0 Å². The van der Waals surface area contributed by atoms with Gasteiger partial charge in [-0.25, -0.2) is 9.97 Å². The van der Waals surface area contributed by atoms with Gasteiger partial charge in [0.25, 0.3) is 0 Å². The molecule has 0 aliphatic rings. The molecule has 0 saturated heterocycles. The van der Waals surface area contributed by atoms with Gasteiger partial charge < -0.3 is 9.80 Å². The van der Waals surface area contributed by atoms with Crippen molar-refractivity contribution in [2.45, 2.75) is 40.5 Å². The summed E-state index contributed by atoms with van der Waals surface area (Å²) in [5.74, 6) is 1.05. The smallest absolute Gasteiger partial charge is 0.350 e. The summed E-state index contributed by atoms with van der Waals surface area (Å²) in [6, 6.07) is 4.07. The molecule has 1 aromatic heterocycles. The zero-order chi connectivity index (χ0) is 20.4. The van der Waals surface area contributed by atoms with E-state index in [-0.39, 0.29) is 43.3 Å². The van der Waals surface area contributed by atoms with Crippen LogP contribution in [0.5, 0.6) is 0 Å². The van der Waals surface area contributed by atoms with Crippen LogP contribution >= 0.6 is 0 Å². The van der Waals surface area contributed by atoms with Gasteiger partial charge in [-0.3, -0.25) is 10.1 Å². The summed E-state index contributed by atoms with van der Waals surface area (Å²) in [6.07, 6.45) is 1.68. The molecule has 146 valence electrons. The third-order valence-electron chi connectivity index (χ3n) is 3.72. The number of aromatic nitrogens is 2. The summed E-state index contributed by atoms with van der Waals surface area (Å²) in [5, 5.41) is 29.7. The fourth-order valence-corrected chi connectivity index (χ4v) is 2.81. The highest BCUT2D eigenvalue weighted by atomic mass is 16.6. The van der Waals surface area contributed by atoms with E-state index in [2.05, 4.69) is 9.97 Å². The topological polar surface area (TPSA) is 123 Å². The first-order chi connectivity index (χ1) is 12.8. The molecule has 0 N–H and O–H groups in total. The van der Waals surface area contributed by atoms with Crippen LogP contribution in [0.1, 0.15) is 40.5 Å². The number of nitro groups is 1. The number of nitrogens with zero attached hydrogens (tertiary/aromatic N) is 7. The Balaban J connectivity index is 3.45. The summed E-state index contributed by atoms with van der Waals surface area (Å²) in [6.45, 7) is 9.99. The van der Waals surface area contributed by atoms with E-state index in [0.29, 0.717) is 24.9 Å². The molecule has 0 radical (unpaired) electrons. The first kappa shape index (κ1) is 22.1. The maximum absolute atomic E-state index is 11.9. The van der Waals surface area contributed by atoms with Crippen molar-refractivity contribution in [3.63, 3.8) is 0 Å². The predicted octanol–water partition coefficient (Wildman–Crippen LogP) is 3.14. The lowest BCUT2D eigenvalue weighted by atomic mass is 10.1. The van der Waals surface area contributed by atoms with E-state index in [1.54, 1.807) is 4.90 Å². The van der Waals surface area contributed by atoms with Crippen LogP contribution in [0.2, 0.25) is 0 Å². The average molecular weight is 373 g/mol. The van der Waals surface area contributed by atoms with E-state index in [9.17, 15) is 10.1 Å². The van der Waals surface area contributed by atoms with Crippen LogP contribution in [-0.2, 0) is 0 Å². The monoisotopic (exact) mass is 373 g/mol. The Morgan fingerprint density at radius 1 is 1.00 bits per heavy atom. The zero-order valence-electron chi connectivity index (χ0n) is 16.4. The van der Waals surface area contributed by atoms with Crippen molar-refractivity contribution >= 4 is 17.3 Å². The van der Waals surface area contributed by atoms with Crippen molar-refractivity contribution in [3.05, 3.63) is 16.4 Å². The van der Waals surface area contributed by atoms with Crippen molar-refractivity contribution in [2.75, 3.05) is 36.0 Å². The minimum Gasteiger partial charge on any atom is -0.350 e. The lowest BCUT2D eigenvalue weighted by Crippen LogP contribution is -2.34. The average Bonchev–Trinajstić information content (AvgIpc) is 2.59. The van der Waals surface area contributed by atoms with Crippen LogP contribution in [0.25, 0.3) is 0 Å². The Bertz CT molecular complexity index is 679. The van der Waals surface area contributed by atoms with Gasteiger partial charge in [-0.1, -0.05) is 27.7 Å². The largest absolute Gasteiger partial charge is 0.353 e. The van der Waals surface area contributed by atoms with Gasteiger partial charge in [-0.15, -0.1) is 0 Å². The Morgan fingerprint density at radius 2 is 1.44 bits per heavy atom. The first-order valence-electron chi connectivity index (χ1n) is 9.04. The number of hydrogen-bond acceptors (Lipinski definition) is 8. The molecular formula is C18H27N7O2. The highest BCUT2D eigenvalue weighted by Gasteiger charge is 2.30. The van der Waals surface area contributed by atoms with Gasteiger partial charge in [0, 0.05) is 26.2 Å². The van der Waals surface area contributed by atoms with E-state index in [1.165, 1.54) is 6.33 Å².